The minimum Gasteiger partial charge on any atom is -0.313 e. The van der Waals surface area contributed by atoms with Crippen molar-refractivity contribution in [1.29, 1.82) is 0 Å². The molecule has 2 aliphatic rings. The van der Waals surface area contributed by atoms with Crippen LogP contribution in [0.5, 0.6) is 0 Å². The van der Waals surface area contributed by atoms with Crippen LogP contribution in [0.15, 0.2) is 0 Å². The Morgan fingerprint density at radius 3 is 2.21 bits per heavy atom. The Kier molecular flexibility index (Phi) is 2.88. The Morgan fingerprint density at radius 2 is 1.50 bits per heavy atom. The van der Waals surface area contributed by atoms with E-state index in [0.717, 1.165) is 35.6 Å². The van der Waals surface area contributed by atoms with Crippen molar-refractivity contribution < 1.29 is 0 Å². The summed E-state index contributed by atoms with van der Waals surface area (Å²) < 4.78 is 0. The van der Waals surface area contributed by atoms with Crippen LogP contribution in [-0.2, 0) is 0 Å². The molecule has 1 heterocycles. The molecule has 14 heavy (non-hydrogen) atoms. The number of hydrogen-bond acceptors (Lipinski definition) is 1. The van der Waals surface area contributed by atoms with Crippen LogP contribution in [0.4, 0.5) is 0 Å². The molecule has 0 aromatic heterocycles. The van der Waals surface area contributed by atoms with Gasteiger partial charge in [0.05, 0.1) is 0 Å². The van der Waals surface area contributed by atoms with Gasteiger partial charge in [-0.2, -0.15) is 0 Å². The lowest BCUT2D eigenvalue weighted by atomic mass is 9.64. The monoisotopic (exact) mass is 195 g/mol. The summed E-state index contributed by atoms with van der Waals surface area (Å²) in [4.78, 5) is 0. The van der Waals surface area contributed by atoms with Crippen LogP contribution in [0.25, 0.3) is 0 Å². The summed E-state index contributed by atoms with van der Waals surface area (Å²) in [6, 6.07) is 0.826. The highest BCUT2D eigenvalue weighted by atomic mass is 14.9. The van der Waals surface area contributed by atoms with E-state index in [4.69, 9.17) is 0 Å². The lowest BCUT2D eigenvalue weighted by molar-refractivity contribution is 0.0580. The summed E-state index contributed by atoms with van der Waals surface area (Å²) >= 11 is 0. The van der Waals surface area contributed by atoms with Gasteiger partial charge < -0.3 is 5.32 Å². The van der Waals surface area contributed by atoms with Gasteiger partial charge in [-0.3, -0.25) is 0 Å². The highest BCUT2D eigenvalue weighted by Crippen LogP contribution is 2.41. The first-order chi connectivity index (χ1) is 6.59. The van der Waals surface area contributed by atoms with E-state index >= 15 is 0 Å². The van der Waals surface area contributed by atoms with Crippen molar-refractivity contribution in [3.8, 4) is 0 Å². The molecular formula is C13H25N. The summed E-state index contributed by atoms with van der Waals surface area (Å²) in [5, 5.41) is 3.75. The van der Waals surface area contributed by atoms with Gasteiger partial charge in [-0.1, -0.05) is 27.7 Å². The summed E-state index contributed by atoms with van der Waals surface area (Å²) in [5.74, 6) is 4.60. The second-order valence-corrected chi connectivity index (χ2v) is 5.94. The summed E-state index contributed by atoms with van der Waals surface area (Å²) in [5.41, 5.74) is 0. The van der Waals surface area contributed by atoms with Crippen LogP contribution in [0, 0.1) is 29.6 Å². The third-order valence-corrected chi connectivity index (χ3v) is 5.03. The van der Waals surface area contributed by atoms with Crippen LogP contribution in [0.3, 0.4) is 0 Å². The zero-order valence-electron chi connectivity index (χ0n) is 10.1. The molecule has 1 aliphatic carbocycles. The summed E-state index contributed by atoms with van der Waals surface area (Å²) in [7, 11) is 0. The smallest absolute Gasteiger partial charge is 0.0101 e. The molecule has 1 aliphatic heterocycles. The van der Waals surface area contributed by atoms with Gasteiger partial charge in [-0.15, -0.1) is 0 Å². The van der Waals surface area contributed by atoms with E-state index < -0.39 is 0 Å². The second-order valence-electron chi connectivity index (χ2n) is 5.94. The molecule has 1 nitrogen and oxygen atoms in total. The van der Waals surface area contributed by atoms with Crippen LogP contribution >= 0.6 is 0 Å². The van der Waals surface area contributed by atoms with Gasteiger partial charge >= 0.3 is 0 Å². The fourth-order valence-electron chi connectivity index (χ4n) is 3.39. The molecule has 0 radical (unpaired) electrons. The van der Waals surface area contributed by atoms with E-state index in [-0.39, 0.29) is 0 Å². The predicted molar refractivity (Wildman–Crippen MR) is 61.2 cm³/mol. The molecule has 0 amide bonds. The molecule has 0 aromatic carbocycles. The van der Waals surface area contributed by atoms with Crippen molar-refractivity contribution >= 4 is 0 Å². The van der Waals surface area contributed by atoms with Gasteiger partial charge in [0, 0.05) is 6.04 Å². The highest BCUT2D eigenvalue weighted by molar-refractivity contribution is 4.94. The minimum atomic E-state index is 0.826. The van der Waals surface area contributed by atoms with Crippen molar-refractivity contribution in [2.45, 2.75) is 46.6 Å². The Labute approximate surface area is 88.7 Å². The molecule has 0 bridgehead atoms. The molecule has 82 valence electrons. The Morgan fingerprint density at radius 1 is 0.857 bits per heavy atom. The quantitative estimate of drug-likeness (QED) is 0.626. The Balaban J connectivity index is 2.06. The van der Waals surface area contributed by atoms with Gasteiger partial charge in [0.1, 0.15) is 0 Å². The van der Waals surface area contributed by atoms with Gasteiger partial charge in [0.25, 0.3) is 0 Å². The molecule has 6 unspecified atom stereocenters. The third-order valence-electron chi connectivity index (χ3n) is 5.03. The lowest BCUT2D eigenvalue weighted by Crippen LogP contribution is -2.53. The molecule has 0 aromatic rings. The molecule has 0 spiro atoms. The van der Waals surface area contributed by atoms with Crippen molar-refractivity contribution in [3.05, 3.63) is 0 Å². The van der Waals surface area contributed by atoms with Crippen molar-refractivity contribution in [1.82, 2.24) is 5.32 Å². The molecule has 1 heteroatoms. The van der Waals surface area contributed by atoms with Crippen LogP contribution < -0.4 is 5.32 Å². The molecule has 1 saturated carbocycles. The van der Waals surface area contributed by atoms with Gasteiger partial charge in [0.2, 0.25) is 0 Å². The number of hydrogen-bond donors (Lipinski definition) is 1. The topological polar surface area (TPSA) is 12.0 Å². The normalized spacial score (nSPS) is 54.0. The first-order valence-corrected chi connectivity index (χ1v) is 6.33. The van der Waals surface area contributed by atoms with Crippen LogP contribution in [0.2, 0.25) is 0 Å². The first kappa shape index (κ1) is 10.5. The fourth-order valence-corrected chi connectivity index (χ4v) is 3.39. The van der Waals surface area contributed by atoms with E-state index in [9.17, 15) is 0 Å². The number of nitrogens with one attached hydrogen (secondary N) is 1. The summed E-state index contributed by atoms with van der Waals surface area (Å²) in [6.07, 6.45) is 2.85. The lowest BCUT2D eigenvalue weighted by Gasteiger charge is -2.48. The van der Waals surface area contributed by atoms with E-state index in [1.54, 1.807) is 0 Å². The first-order valence-electron chi connectivity index (χ1n) is 6.33. The van der Waals surface area contributed by atoms with E-state index in [2.05, 4.69) is 33.0 Å². The SMILES string of the molecule is CC1CC2NCC(C)C(C)C2CC1C. The van der Waals surface area contributed by atoms with E-state index in [1.165, 1.54) is 19.4 Å². The summed E-state index contributed by atoms with van der Waals surface area (Å²) in [6.45, 7) is 11.0. The van der Waals surface area contributed by atoms with Crippen LogP contribution in [-0.4, -0.2) is 12.6 Å². The Hall–Kier alpha value is -0.0400. The van der Waals surface area contributed by atoms with E-state index in [0.29, 0.717) is 0 Å². The van der Waals surface area contributed by atoms with Crippen molar-refractivity contribution in [2.24, 2.45) is 29.6 Å². The molecular weight excluding hydrogens is 170 g/mol. The molecule has 1 N–H and O–H groups in total. The van der Waals surface area contributed by atoms with E-state index in [1.807, 2.05) is 0 Å². The third kappa shape index (κ3) is 1.71. The number of rotatable bonds is 0. The predicted octanol–water partition coefficient (Wildman–Crippen LogP) is 2.91. The maximum Gasteiger partial charge on any atom is 0.0101 e. The standard InChI is InChI=1S/C13H25N/c1-8-5-12-11(4)10(3)7-14-13(12)6-9(8)2/h8-14H,5-7H2,1-4H3. The largest absolute Gasteiger partial charge is 0.313 e. The highest BCUT2D eigenvalue weighted by Gasteiger charge is 2.40. The van der Waals surface area contributed by atoms with Crippen molar-refractivity contribution in [2.75, 3.05) is 6.54 Å². The van der Waals surface area contributed by atoms with Crippen molar-refractivity contribution in [3.63, 3.8) is 0 Å². The van der Waals surface area contributed by atoms with Gasteiger partial charge in [-0.05, 0) is 49.0 Å². The average molecular weight is 195 g/mol. The second kappa shape index (κ2) is 3.84. The average Bonchev–Trinajstić information content (AvgIpc) is 2.15. The molecule has 2 fully saturated rings. The Bertz CT molecular complexity index is 201. The fraction of sp³-hybridized carbons (Fsp3) is 1.00. The minimum absolute atomic E-state index is 0.826. The molecule has 1 saturated heterocycles. The zero-order valence-corrected chi connectivity index (χ0v) is 10.1. The number of piperidine rings is 1. The maximum atomic E-state index is 3.75. The van der Waals surface area contributed by atoms with Gasteiger partial charge in [-0.25, -0.2) is 0 Å². The number of fused-ring (bicyclic) bond motifs is 1. The zero-order chi connectivity index (χ0) is 10.3. The van der Waals surface area contributed by atoms with Gasteiger partial charge in [0.15, 0.2) is 0 Å². The molecule has 6 atom stereocenters. The molecule has 2 rings (SSSR count). The maximum absolute atomic E-state index is 3.75. The van der Waals surface area contributed by atoms with Crippen LogP contribution in [0.1, 0.15) is 40.5 Å².